The lowest BCUT2D eigenvalue weighted by Crippen LogP contribution is -2.30. The van der Waals surface area contributed by atoms with Crippen LogP contribution in [0.25, 0.3) is 0 Å². The van der Waals surface area contributed by atoms with Gasteiger partial charge in [0.15, 0.2) is 0 Å². The molecule has 0 aliphatic carbocycles. The summed E-state index contributed by atoms with van der Waals surface area (Å²) in [5.74, 6) is 0.710. The Labute approximate surface area is 126 Å². The maximum absolute atomic E-state index is 5.97. The van der Waals surface area contributed by atoms with Crippen LogP contribution in [0.1, 0.15) is 39.7 Å². The fourth-order valence-corrected chi connectivity index (χ4v) is 2.60. The van der Waals surface area contributed by atoms with E-state index < -0.39 is 0 Å². The summed E-state index contributed by atoms with van der Waals surface area (Å²) in [5.41, 5.74) is 8.65. The minimum absolute atomic E-state index is 0.197. The van der Waals surface area contributed by atoms with Crippen molar-refractivity contribution >= 4 is 21.6 Å². The quantitative estimate of drug-likeness (QED) is 0.813. The van der Waals surface area contributed by atoms with Gasteiger partial charge in [-0.15, -0.1) is 0 Å². The molecule has 0 aliphatic heterocycles. The zero-order valence-corrected chi connectivity index (χ0v) is 14.2. The van der Waals surface area contributed by atoms with Crippen LogP contribution in [0.2, 0.25) is 0 Å². The molecule has 0 spiro atoms. The fourth-order valence-electron chi connectivity index (χ4n) is 2.25. The number of nitrogens with zero attached hydrogens (tertiary/aromatic N) is 1. The Hall–Kier alpha value is -0.540. The van der Waals surface area contributed by atoms with Crippen molar-refractivity contribution < 1.29 is 0 Å². The van der Waals surface area contributed by atoms with E-state index in [-0.39, 0.29) is 6.04 Å². The number of halogens is 1. The van der Waals surface area contributed by atoms with E-state index in [0.717, 1.165) is 24.0 Å². The summed E-state index contributed by atoms with van der Waals surface area (Å²) in [7, 11) is 0. The van der Waals surface area contributed by atoms with Crippen LogP contribution in [0.15, 0.2) is 22.7 Å². The maximum Gasteiger partial charge on any atom is 0.0410 e. The smallest absolute Gasteiger partial charge is 0.0410 e. The highest BCUT2D eigenvalue weighted by atomic mass is 79.9. The standard InChI is InChI=1S/C16H27BrN2/c1-5-12(3)11-19(6-2)16-10-15(17)8-7-14(16)9-13(4)18/h7-8,10,12-13H,5-6,9,11,18H2,1-4H3. The second kappa shape index (κ2) is 7.91. The van der Waals surface area contributed by atoms with Crippen molar-refractivity contribution in [2.75, 3.05) is 18.0 Å². The molecule has 0 radical (unpaired) electrons. The van der Waals surface area contributed by atoms with Crippen molar-refractivity contribution in [1.82, 2.24) is 0 Å². The molecule has 2 N–H and O–H groups in total. The van der Waals surface area contributed by atoms with Crippen LogP contribution in [-0.4, -0.2) is 19.1 Å². The van der Waals surface area contributed by atoms with Crippen LogP contribution in [-0.2, 0) is 6.42 Å². The van der Waals surface area contributed by atoms with Crippen molar-refractivity contribution in [2.24, 2.45) is 11.7 Å². The van der Waals surface area contributed by atoms with Gasteiger partial charge in [0.1, 0.15) is 0 Å². The highest BCUT2D eigenvalue weighted by molar-refractivity contribution is 9.10. The summed E-state index contributed by atoms with van der Waals surface area (Å²) in [6.45, 7) is 11.0. The Kier molecular flexibility index (Phi) is 6.87. The molecule has 1 aromatic rings. The van der Waals surface area contributed by atoms with Crippen molar-refractivity contribution in [2.45, 2.75) is 46.6 Å². The Morgan fingerprint density at radius 1 is 1.26 bits per heavy atom. The zero-order chi connectivity index (χ0) is 14.4. The zero-order valence-electron chi connectivity index (χ0n) is 12.6. The number of hydrogen-bond acceptors (Lipinski definition) is 2. The summed E-state index contributed by atoms with van der Waals surface area (Å²) in [4.78, 5) is 2.47. The molecular formula is C16H27BrN2. The Morgan fingerprint density at radius 2 is 1.95 bits per heavy atom. The summed E-state index contributed by atoms with van der Waals surface area (Å²) in [6.07, 6.45) is 2.15. The highest BCUT2D eigenvalue weighted by Crippen LogP contribution is 2.27. The van der Waals surface area contributed by atoms with Gasteiger partial charge in [0, 0.05) is 29.3 Å². The largest absolute Gasteiger partial charge is 0.371 e. The first kappa shape index (κ1) is 16.5. The summed E-state index contributed by atoms with van der Waals surface area (Å²) in [6, 6.07) is 6.73. The fraction of sp³-hybridized carbons (Fsp3) is 0.625. The molecule has 0 fully saturated rings. The number of anilines is 1. The third kappa shape index (κ3) is 5.15. The van der Waals surface area contributed by atoms with Gasteiger partial charge >= 0.3 is 0 Å². The van der Waals surface area contributed by atoms with Gasteiger partial charge in [-0.1, -0.05) is 42.3 Å². The SMILES string of the molecule is CCC(C)CN(CC)c1cc(Br)ccc1CC(C)N. The van der Waals surface area contributed by atoms with Crippen LogP contribution in [0, 0.1) is 5.92 Å². The molecule has 19 heavy (non-hydrogen) atoms. The van der Waals surface area contributed by atoms with Gasteiger partial charge < -0.3 is 10.6 Å². The molecule has 2 nitrogen and oxygen atoms in total. The third-order valence-corrected chi connectivity index (χ3v) is 4.03. The molecule has 2 atom stereocenters. The van der Waals surface area contributed by atoms with E-state index in [1.807, 2.05) is 0 Å². The molecule has 1 rings (SSSR count). The molecule has 0 heterocycles. The molecule has 3 heteroatoms. The van der Waals surface area contributed by atoms with E-state index in [1.165, 1.54) is 17.7 Å². The third-order valence-electron chi connectivity index (χ3n) is 3.54. The summed E-state index contributed by atoms with van der Waals surface area (Å²) >= 11 is 3.59. The molecule has 0 amide bonds. The topological polar surface area (TPSA) is 29.3 Å². The number of hydrogen-bond donors (Lipinski definition) is 1. The lowest BCUT2D eigenvalue weighted by atomic mass is 10.0. The van der Waals surface area contributed by atoms with Crippen LogP contribution in [0.5, 0.6) is 0 Å². The highest BCUT2D eigenvalue weighted by Gasteiger charge is 2.13. The van der Waals surface area contributed by atoms with Crippen molar-refractivity contribution in [3.63, 3.8) is 0 Å². The van der Waals surface area contributed by atoms with Gasteiger partial charge in [0.25, 0.3) is 0 Å². The Bertz CT molecular complexity index is 390. The van der Waals surface area contributed by atoms with E-state index in [2.05, 4.69) is 66.7 Å². The molecule has 2 unspecified atom stereocenters. The van der Waals surface area contributed by atoms with Gasteiger partial charge in [0.2, 0.25) is 0 Å². The predicted molar refractivity (Wildman–Crippen MR) is 88.8 cm³/mol. The first-order chi connectivity index (χ1) is 8.97. The monoisotopic (exact) mass is 326 g/mol. The van der Waals surface area contributed by atoms with Gasteiger partial charge in [-0.3, -0.25) is 0 Å². The number of benzene rings is 1. The van der Waals surface area contributed by atoms with Crippen molar-refractivity contribution in [3.8, 4) is 0 Å². The van der Waals surface area contributed by atoms with E-state index >= 15 is 0 Å². The second-order valence-electron chi connectivity index (χ2n) is 5.51. The van der Waals surface area contributed by atoms with Gasteiger partial charge in [-0.05, 0) is 43.9 Å². The van der Waals surface area contributed by atoms with Gasteiger partial charge in [-0.2, -0.15) is 0 Å². The molecule has 0 bridgehead atoms. The van der Waals surface area contributed by atoms with E-state index in [1.54, 1.807) is 0 Å². The lowest BCUT2D eigenvalue weighted by molar-refractivity contribution is 0.546. The molecule has 0 saturated heterocycles. The number of rotatable bonds is 7. The average Bonchev–Trinajstić information content (AvgIpc) is 2.37. The summed E-state index contributed by atoms with van der Waals surface area (Å²) < 4.78 is 1.14. The molecule has 108 valence electrons. The summed E-state index contributed by atoms with van der Waals surface area (Å²) in [5, 5.41) is 0. The second-order valence-corrected chi connectivity index (χ2v) is 6.42. The number of nitrogens with two attached hydrogens (primary N) is 1. The Balaban J connectivity index is 3.02. The lowest BCUT2D eigenvalue weighted by Gasteiger charge is -2.29. The molecule has 0 aromatic heterocycles. The van der Waals surface area contributed by atoms with Gasteiger partial charge in [-0.25, -0.2) is 0 Å². The first-order valence-corrected chi connectivity index (χ1v) is 8.06. The average molecular weight is 327 g/mol. The molecular weight excluding hydrogens is 300 g/mol. The van der Waals surface area contributed by atoms with Crippen LogP contribution < -0.4 is 10.6 Å². The van der Waals surface area contributed by atoms with E-state index in [0.29, 0.717) is 5.92 Å². The Morgan fingerprint density at radius 3 is 2.47 bits per heavy atom. The molecule has 1 aromatic carbocycles. The van der Waals surface area contributed by atoms with E-state index in [9.17, 15) is 0 Å². The van der Waals surface area contributed by atoms with Crippen molar-refractivity contribution in [3.05, 3.63) is 28.2 Å². The van der Waals surface area contributed by atoms with Crippen LogP contribution >= 0.6 is 15.9 Å². The minimum Gasteiger partial charge on any atom is -0.371 e. The molecule has 0 saturated carbocycles. The maximum atomic E-state index is 5.97. The van der Waals surface area contributed by atoms with Gasteiger partial charge in [0.05, 0.1) is 0 Å². The minimum atomic E-state index is 0.197. The van der Waals surface area contributed by atoms with E-state index in [4.69, 9.17) is 5.73 Å². The predicted octanol–water partition coefficient (Wildman–Crippen LogP) is 4.21. The van der Waals surface area contributed by atoms with Crippen molar-refractivity contribution in [1.29, 1.82) is 0 Å². The first-order valence-electron chi connectivity index (χ1n) is 7.26. The molecule has 0 aliphatic rings. The normalized spacial score (nSPS) is 14.2. The van der Waals surface area contributed by atoms with Crippen LogP contribution in [0.4, 0.5) is 5.69 Å². The van der Waals surface area contributed by atoms with Crippen LogP contribution in [0.3, 0.4) is 0 Å².